The van der Waals surface area contributed by atoms with Gasteiger partial charge in [-0.15, -0.1) is 11.3 Å². The summed E-state index contributed by atoms with van der Waals surface area (Å²) >= 11 is 1.56. The van der Waals surface area contributed by atoms with Gasteiger partial charge >= 0.3 is 0 Å². The molecular weight excluding hydrogens is 344 g/mol. The van der Waals surface area contributed by atoms with Crippen molar-refractivity contribution in [3.05, 3.63) is 46.6 Å². The van der Waals surface area contributed by atoms with E-state index in [1.807, 2.05) is 38.1 Å². The van der Waals surface area contributed by atoms with Gasteiger partial charge < -0.3 is 10.2 Å². The number of carbonyl (C=O) groups excluding carboxylic acids is 1. The van der Waals surface area contributed by atoms with Crippen molar-refractivity contribution in [1.82, 2.24) is 9.97 Å². The number of nitrogens with zero attached hydrogens (tertiary/aromatic N) is 3. The Kier molecular flexibility index (Phi) is 4.59. The summed E-state index contributed by atoms with van der Waals surface area (Å²) in [5.74, 6) is 0.804. The highest BCUT2D eigenvalue weighted by Crippen LogP contribution is 2.36. The Morgan fingerprint density at radius 1 is 1.08 bits per heavy atom. The first-order valence-corrected chi connectivity index (χ1v) is 9.82. The van der Waals surface area contributed by atoms with E-state index in [4.69, 9.17) is 0 Å². The van der Waals surface area contributed by atoms with Crippen molar-refractivity contribution in [2.75, 3.05) is 23.3 Å². The fraction of sp³-hybridized carbons (Fsp3) is 0.350. The van der Waals surface area contributed by atoms with Gasteiger partial charge in [-0.25, -0.2) is 9.97 Å². The van der Waals surface area contributed by atoms with E-state index in [2.05, 4.69) is 20.2 Å². The number of fused-ring (bicyclic) bond motifs is 1. The molecule has 4 rings (SSSR count). The highest BCUT2D eigenvalue weighted by molar-refractivity contribution is 7.19. The van der Waals surface area contributed by atoms with E-state index in [1.54, 1.807) is 17.7 Å². The van der Waals surface area contributed by atoms with Gasteiger partial charge in [0.15, 0.2) is 0 Å². The maximum absolute atomic E-state index is 13.1. The van der Waals surface area contributed by atoms with Gasteiger partial charge in [0.2, 0.25) is 0 Å². The lowest BCUT2D eigenvalue weighted by atomic mass is 10.1. The molecule has 6 heteroatoms. The van der Waals surface area contributed by atoms with Gasteiger partial charge in [-0.05, 0) is 45.2 Å². The number of thiophene rings is 1. The number of hydrogen-bond donors (Lipinski definition) is 1. The van der Waals surface area contributed by atoms with Crippen molar-refractivity contribution in [2.24, 2.45) is 0 Å². The van der Waals surface area contributed by atoms with Crippen LogP contribution in [0, 0.1) is 13.8 Å². The molecule has 0 spiro atoms. The van der Waals surface area contributed by atoms with Gasteiger partial charge in [0.1, 0.15) is 17.0 Å². The molecule has 1 saturated heterocycles. The Balaban J connectivity index is 1.75. The number of aryl methyl sites for hydroxylation is 2. The molecule has 3 heterocycles. The summed E-state index contributed by atoms with van der Waals surface area (Å²) in [5, 5.41) is 3.92. The molecule has 1 aromatic carbocycles. The van der Waals surface area contributed by atoms with Crippen LogP contribution < -0.4 is 10.2 Å². The van der Waals surface area contributed by atoms with Crippen LogP contribution in [-0.4, -0.2) is 29.0 Å². The van der Waals surface area contributed by atoms with Crippen molar-refractivity contribution < 1.29 is 4.79 Å². The van der Waals surface area contributed by atoms with Crippen LogP contribution in [0.15, 0.2) is 30.6 Å². The van der Waals surface area contributed by atoms with Crippen LogP contribution >= 0.6 is 11.3 Å². The summed E-state index contributed by atoms with van der Waals surface area (Å²) < 4.78 is 0. The number of rotatable bonds is 3. The number of anilines is 2. The first-order valence-electron chi connectivity index (χ1n) is 9.00. The Hall–Kier alpha value is -2.47. The molecular formula is C20H22N4OS. The van der Waals surface area contributed by atoms with Crippen molar-refractivity contribution in [1.29, 1.82) is 0 Å². The molecule has 0 bridgehead atoms. The maximum Gasteiger partial charge on any atom is 0.257 e. The summed E-state index contributed by atoms with van der Waals surface area (Å²) in [5.41, 5.74) is 2.67. The number of carbonyl (C=O) groups is 1. The van der Waals surface area contributed by atoms with Gasteiger partial charge in [0.05, 0.1) is 10.9 Å². The molecule has 0 atom stereocenters. The van der Waals surface area contributed by atoms with Gasteiger partial charge in [-0.1, -0.05) is 17.7 Å². The molecule has 3 aromatic rings. The monoisotopic (exact) mass is 366 g/mol. The molecule has 1 aliphatic rings. The number of piperidine rings is 1. The number of hydrogen-bond acceptors (Lipinski definition) is 5. The minimum atomic E-state index is -0.0920. The molecule has 1 amide bonds. The molecule has 0 radical (unpaired) electrons. The highest BCUT2D eigenvalue weighted by atomic mass is 32.1. The van der Waals surface area contributed by atoms with E-state index in [9.17, 15) is 4.79 Å². The third-order valence-corrected chi connectivity index (χ3v) is 5.85. The van der Waals surface area contributed by atoms with Gasteiger partial charge in [-0.3, -0.25) is 4.79 Å². The minimum absolute atomic E-state index is 0.0920. The highest BCUT2D eigenvalue weighted by Gasteiger charge is 2.24. The third kappa shape index (κ3) is 3.17. The number of benzene rings is 1. The Labute approximate surface area is 157 Å². The van der Waals surface area contributed by atoms with Crippen LogP contribution in [0.25, 0.3) is 10.2 Å². The maximum atomic E-state index is 13.1. The van der Waals surface area contributed by atoms with Crippen LogP contribution in [0.5, 0.6) is 0 Å². The van der Waals surface area contributed by atoms with E-state index in [-0.39, 0.29) is 5.91 Å². The zero-order valence-corrected chi connectivity index (χ0v) is 15.9. The average molecular weight is 366 g/mol. The van der Waals surface area contributed by atoms with Crippen molar-refractivity contribution in [3.8, 4) is 0 Å². The second-order valence-electron chi connectivity index (χ2n) is 6.78. The fourth-order valence-electron chi connectivity index (χ4n) is 3.48. The van der Waals surface area contributed by atoms with Crippen molar-refractivity contribution >= 4 is 39.0 Å². The fourth-order valence-corrected chi connectivity index (χ4v) is 4.46. The lowest BCUT2D eigenvalue weighted by Crippen LogP contribution is -2.30. The topological polar surface area (TPSA) is 58.1 Å². The molecule has 2 aromatic heterocycles. The first-order chi connectivity index (χ1) is 12.6. The molecule has 0 saturated carbocycles. The largest absolute Gasteiger partial charge is 0.356 e. The molecule has 5 nitrogen and oxygen atoms in total. The SMILES string of the molecule is Cc1ccc(NC(=O)c2c(C)sc3ncnc(N4CCCCC4)c23)cc1. The normalized spacial score (nSPS) is 14.6. The minimum Gasteiger partial charge on any atom is -0.356 e. The van der Waals surface area contributed by atoms with Crippen LogP contribution in [0.1, 0.15) is 40.1 Å². The Morgan fingerprint density at radius 2 is 1.81 bits per heavy atom. The molecule has 0 unspecified atom stereocenters. The number of aromatic nitrogens is 2. The molecule has 26 heavy (non-hydrogen) atoms. The third-order valence-electron chi connectivity index (χ3n) is 4.84. The Bertz CT molecular complexity index is 942. The van der Waals surface area contributed by atoms with E-state index >= 15 is 0 Å². The molecule has 1 aliphatic heterocycles. The van der Waals surface area contributed by atoms with Crippen LogP contribution in [-0.2, 0) is 0 Å². The van der Waals surface area contributed by atoms with Crippen molar-refractivity contribution in [3.63, 3.8) is 0 Å². The Morgan fingerprint density at radius 3 is 2.54 bits per heavy atom. The lowest BCUT2D eigenvalue weighted by molar-refractivity contribution is 0.102. The van der Waals surface area contributed by atoms with Gasteiger partial charge in [0.25, 0.3) is 5.91 Å². The quantitative estimate of drug-likeness (QED) is 0.739. The van der Waals surface area contributed by atoms with Gasteiger partial charge in [-0.2, -0.15) is 0 Å². The van der Waals surface area contributed by atoms with Crippen LogP contribution in [0.4, 0.5) is 11.5 Å². The van der Waals surface area contributed by atoms with E-state index in [0.717, 1.165) is 39.7 Å². The van der Waals surface area contributed by atoms with E-state index < -0.39 is 0 Å². The van der Waals surface area contributed by atoms with Crippen molar-refractivity contribution in [2.45, 2.75) is 33.1 Å². The molecule has 1 fully saturated rings. The number of nitrogens with one attached hydrogen (secondary N) is 1. The predicted octanol–water partition coefficient (Wildman–Crippen LogP) is 4.55. The second-order valence-corrected chi connectivity index (χ2v) is 7.98. The molecule has 134 valence electrons. The summed E-state index contributed by atoms with van der Waals surface area (Å²) in [4.78, 5) is 26.2. The summed E-state index contributed by atoms with van der Waals surface area (Å²) in [6.07, 6.45) is 5.21. The summed E-state index contributed by atoms with van der Waals surface area (Å²) in [6, 6.07) is 7.85. The predicted molar refractivity (Wildman–Crippen MR) is 107 cm³/mol. The summed E-state index contributed by atoms with van der Waals surface area (Å²) in [6.45, 7) is 5.99. The van der Waals surface area contributed by atoms with Crippen LogP contribution in [0.3, 0.4) is 0 Å². The smallest absolute Gasteiger partial charge is 0.257 e. The zero-order valence-electron chi connectivity index (χ0n) is 15.1. The van der Waals surface area contributed by atoms with Crippen LogP contribution in [0.2, 0.25) is 0 Å². The standard InChI is InChI=1S/C20H22N4OS/c1-13-6-8-15(9-7-13)23-19(25)16-14(2)26-20-17(16)18(21-12-22-20)24-10-4-3-5-11-24/h6-9,12H,3-5,10-11H2,1-2H3,(H,23,25). The molecule has 0 aliphatic carbocycles. The zero-order chi connectivity index (χ0) is 18.1. The summed E-state index contributed by atoms with van der Waals surface area (Å²) in [7, 11) is 0. The molecule has 1 N–H and O–H groups in total. The second kappa shape index (κ2) is 7.03. The average Bonchev–Trinajstić information content (AvgIpc) is 3.00. The first kappa shape index (κ1) is 17.0. The van der Waals surface area contributed by atoms with E-state index in [0.29, 0.717) is 5.56 Å². The number of amides is 1. The van der Waals surface area contributed by atoms with E-state index in [1.165, 1.54) is 24.8 Å². The van der Waals surface area contributed by atoms with Gasteiger partial charge in [0, 0.05) is 23.7 Å². The lowest BCUT2D eigenvalue weighted by Gasteiger charge is -2.28.